The zero-order valence-electron chi connectivity index (χ0n) is 12.0. The quantitative estimate of drug-likeness (QED) is 0.478. The minimum atomic E-state index is -0.829. The third kappa shape index (κ3) is 3.37. The van der Waals surface area contributed by atoms with E-state index in [0.29, 0.717) is 9.09 Å². The first-order chi connectivity index (χ1) is 8.57. The van der Waals surface area contributed by atoms with Crippen molar-refractivity contribution in [2.75, 3.05) is 0 Å². The van der Waals surface area contributed by atoms with Crippen LogP contribution in [0.3, 0.4) is 0 Å². The molecule has 1 atom stereocenters. The number of hydrogen-bond acceptors (Lipinski definition) is 0. The zero-order chi connectivity index (χ0) is 12.8. The Labute approximate surface area is 145 Å². The molecule has 0 heterocycles. The van der Waals surface area contributed by atoms with Gasteiger partial charge in [0.25, 0.3) is 0 Å². The Balaban J connectivity index is 0.000001000. The normalized spacial score (nSPS) is 20.6. The number of allylic oxidation sites excluding steroid dienone is 5. The van der Waals surface area contributed by atoms with E-state index in [1.54, 1.807) is 3.33 Å². The predicted molar refractivity (Wildman–Crippen MR) is 74.2 cm³/mol. The van der Waals surface area contributed by atoms with Crippen molar-refractivity contribution in [2.45, 2.75) is 29.9 Å². The summed E-state index contributed by atoms with van der Waals surface area (Å²) < 4.78 is 2.17. The second-order valence-electron chi connectivity index (χ2n) is 5.58. The van der Waals surface area contributed by atoms with Gasteiger partial charge in [0.15, 0.2) is 0 Å². The molecule has 1 aromatic rings. The average Bonchev–Trinajstić information content (AvgIpc) is 2.85. The van der Waals surface area contributed by atoms with Gasteiger partial charge in [-0.2, -0.15) is 0 Å². The fourth-order valence-electron chi connectivity index (χ4n) is 2.78. The van der Waals surface area contributed by atoms with Crippen molar-refractivity contribution < 1.29 is 47.7 Å². The average molecular weight is 472 g/mol. The van der Waals surface area contributed by atoms with Gasteiger partial charge in [-0.1, -0.05) is 0 Å². The molecule has 104 valence electrons. The summed E-state index contributed by atoms with van der Waals surface area (Å²) in [5.74, 6) is 0.656. The van der Waals surface area contributed by atoms with Gasteiger partial charge in [-0.25, -0.2) is 0 Å². The van der Waals surface area contributed by atoms with Crippen LogP contribution in [-0.2, 0) is 22.9 Å². The van der Waals surface area contributed by atoms with E-state index in [-0.39, 0.29) is 24.8 Å². The van der Waals surface area contributed by atoms with Crippen molar-refractivity contribution in [1.29, 1.82) is 0 Å². The molecule has 0 amide bonds. The summed E-state index contributed by atoms with van der Waals surface area (Å²) in [6, 6.07) is 6.91. The number of halogens is 2. The predicted octanol–water partition coefficient (Wildman–Crippen LogP) is -1.15. The Kier molecular flexibility index (Phi) is 6.07. The molecule has 1 aromatic carbocycles. The van der Waals surface area contributed by atoms with E-state index in [9.17, 15) is 0 Å². The molecule has 2 aliphatic rings. The first-order valence-corrected chi connectivity index (χ1v) is 10.1. The Morgan fingerprint density at radius 1 is 1.10 bits per heavy atom. The Hall–Kier alpha value is -0.110. The molecule has 0 aromatic heterocycles. The third-order valence-electron chi connectivity index (χ3n) is 3.90. The molecule has 20 heavy (non-hydrogen) atoms. The zero-order valence-corrected chi connectivity index (χ0v) is 17.1. The Morgan fingerprint density at radius 2 is 1.75 bits per heavy atom. The van der Waals surface area contributed by atoms with Gasteiger partial charge in [-0.3, -0.25) is 0 Å². The van der Waals surface area contributed by atoms with Crippen LogP contribution in [0, 0.1) is 6.92 Å². The van der Waals surface area contributed by atoms with Gasteiger partial charge >= 0.3 is 121 Å². The van der Waals surface area contributed by atoms with Crippen LogP contribution in [0.15, 0.2) is 45.8 Å². The number of hydrogen-bond donors (Lipinski definition) is 0. The molecular weight excluding hydrogens is 454 g/mol. The smallest absolute Gasteiger partial charge is 1.00 e. The van der Waals surface area contributed by atoms with Crippen LogP contribution in [0.1, 0.15) is 36.5 Å². The van der Waals surface area contributed by atoms with Crippen molar-refractivity contribution >= 4 is 6.08 Å². The van der Waals surface area contributed by atoms with Crippen LogP contribution in [0.25, 0.3) is 6.08 Å². The van der Waals surface area contributed by atoms with E-state index in [2.05, 4.69) is 69.4 Å². The number of fused-ring (bicyclic) bond motifs is 1. The van der Waals surface area contributed by atoms with Crippen LogP contribution in [0.4, 0.5) is 0 Å². The molecule has 0 saturated carbocycles. The molecule has 0 saturated heterocycles. The molecule has 0 bridgehead atoms. The van der Waals surface area contributed by atoms with Gasteiger partial charge in [0.1, 0.15) is 0 Å². The van der Waals surface area contributed by atoms with Crippen molar-refractivity contribution in [3.05, 3.63) is 62.5 Å². The van der Waals surface area contributed by atoms with Crippen molar-refractivity contribution in [3.63, 3.8) is 0 Å². The van der Waals surface area contributed by atoms with Crippen LogP contribution in [-0.4, -0.2) is 0 Å². The molecule has 0 nitrogen and oxygen atoms in total. The monoisotopic (exact) mass is 472 g/mol. The molecule has 0 N–H and O–H groups in total. The molecule has 1 unspecified atom stereocenters. The first kappa shape index (κ1) is 17.9. The topological polar surface area (TPSA) is 0 Å². The summed E-state index contributed by atoms with van der Waals surface area (Å²) in [5.41, 5.74) is 4.39. The van der Waals surface area contributed by atoms with Crippen molar-refractivity contribution in [1.82, 2.24) is 0 Å². The third-order valence-corrected chi connectivity index (χ3v) is 10.1. The SMILES string of the molecule is Cc1ccc2c(c1)C=[C]([Hf+2][C]1(C)C=CC=C1)C2C.[Cl-].[Cl-]. The standard InChI is InChI=1S/C11H11.C6H7.2ClH.Hf/c1-8-3-6-11-9(2)4-5-10(11)7-8;1-6-4-2-3-5-6;;;/h3,5-7,9H,1-2H3;2-5H,1H3;2*1H;/q;;;;+2/p-2. The Bertz CT molecular complexity index is 573. The first-order valence-electron chi connectivity index (χ1n) is 6.55. The second-order valence-corrected chi connectivity index (χ2v) is 12.4. The number of benzene rings is 1. The van der Waals surface area contributed by atoms with E-state index >= 15 is 0 Å². The number of aryl methyl sites for hydroxylation is 1. The molecule has 3 heteroatoms. The van der Waals surface area contributed by atoms with Crippen LogP contribution >= 0.6 is 0 Å². The molecule has 0 fully saturated rings. The van der Waals surface area contributed by atoms with Crippen LogP contribution < -0.4 is 24.8 Å². The summed E-state index contributed by atoms with van der Waals surface area (Å²) in [6.45, 7) is 6.96. The molecule has 0 spiro atoms. The van der Waals surface area contributed by atoms with E-state index < -0.39 is 22.9 Å². The summed E-state index contributed by atoms with van der Waals surface area (Å²) in [5, 5.41) is 0. The molecule has 3 rings (SSSR count). The van der Waals surface area contributed by atoms with Crippen molar-refractivity contribution in [3.8, 4) is 0 Å². The minimum Gasteiger partial charge on any atom is -1.00 e. The van der Waals surface area contributed by atoms with Crippen LogP contribution in [0.5, 0.6) is 0 Å². The van der Waals surface area contributed by atoms with E-state index in [4.69, 9.17) is 0 Å². The maximum absolute atomic E-state index is 2.49. The second kappa shape index (κ2) is 6.77. The minimum absolute atomic E-state index is 0. The van der Waals surface area contributed by atoms with Gasteiger partial charge < -0.3 is 24.8 Å². The number of rotatable bonds is 2. The van der Waals surface area contributed by atoms with Gasteiger partial charge in [0.05, 0.1) is 0 Å². The van der Waals surface area contributed by atoms with E-state index in [1.807, 2.05) is 0 Å². The maximum Gasteiger partial charge on any atom is -1.00 e. The summed E-state index contributed by atoms with van der Waals surface area (Å²) >= 11 is -0.829. The summed E-state index contributed by atoms with van der Waals surface area (Å²) in [6.07, 6.45) is 11.7. The summed E-state index contributed by atoms with van der Waals surface area (Å²) in [7, 11) is 0. The maximum atomic E-state index is 2.49. The molecular formula is C17H18Cl2Hf. The van der Waals surface area contributed by atoms with E-state index in [0.717, 1.165) is 0 Å². The fourth-order valence-corrected chi connectivity index (χ4v) is 8.46. The summed E-state index contributed by atoms with van der Waals surface area (Å²) in [4.78, 5) is 0. The van der Waals surface area contributed by atoms with Crippen LogP contribution in [0.2, 0.25) is 3.17 Å². The van der Waals surface area contributed by atoms with E-state index in [1.165, 1.54) is 16.7 Å². The molecule has 0 aliphatic heterocycles. The fraction of sp³-hybridized carbons (Fsp3) is 0.294. The Morgan fingerprint density at radius 3 is 2.40 bits per heavy atom. The van der Waals surface area contributed by atoms with Crippen molar-refractivity contribution in [2.24, 2.45) is 0 Å². The van der Waals surface area contributed by atoms with Gasteiger partial charge in [-0.15, -0.1) is 0 Å². The van der Waals surface area contributed by atoms with Gasteiger partial charge in [-0.05, 0) is 0 Å². The van der Waals surface area contributed by atoms with Gasteiger partial charge in [0.2, 0.25) is 0 Å². The molecule has 0 radical (unpaired) electrons. The molecule has 2 aliphatic carbocycles. The largest absolute Gasteiger partial charge is 1.00 e. The van der Waals surface area contributed by atoms with Gasteiger partial charge in [0, 0.05) is 0 Å².